The van der Waals surface area contributed by atoms with Crippen molar-refractivity contribution in [1.82, 2.24) is 4.90 Å². The topological polar surface area (TPSA) is 29.3 Å². The normalized spacial score (nSPS) is 21.3. The minimum atomic E-state index is 0.134. The maximum Gasteiger partial charge on any atom is 0.0307 e. The molecule has 19 heavy (non-hydrogen) atoms. The van der Waals surface area contributed by atoms with Crippen LogP contribution in [0.4, 0.5) is 0 Å². The minimum absolute atomic E-state index is 0.134. The van der Waals surface area contributed by atoms with Crippen LogP contribution >= 0.6 is 27.7 Å². The van der Waals surface area contributed by atoms with E-state index in [0.717, 1.165) is 17.4 Å². The molecule has 4 heteroatoms. The summed E-state index contributed by atoms with van der Waals surface area (Å²) in [6.45, 7) is 8.12. The van der Waals surface area contributed by atoms with Crippen molar-refractivity contribution in [2.75, 3.05) is 25.4 Å². The molecule has 1 aliphatic heterocycles. The number of hydrogen-bond donors (Lipinski definition) is 1. The average Bonchev–Trinajstić information content (AvgIpc) is 2.35. The first-order valence-electron chi connectivity index (χ1n) is 6.84. The Morgan fingerprint density at radius 1 is 1.47 bits per heavy atom. The van der Waals surface area contributed by atoms with Gasteiger partial charge >= 0.3 is 0 Å². The van der Waals surface area contributed by atoms with Gasteiger partial charge in [0.05, 0.1) is 0 Å². The molecule has 2 N–H and O–H groups in total. The fraction of sp³-hybridized carbons (Fsp3) is 0.600. The Hall–Kier alpha value is -0.0300. The number of halogens is 1. The van der Waals surface area contributed by atoms with Gasteiger partial charge in [0.15, 0.2) is 0 Å². The van der Waals surface area contributed by atoms with E-state index >= 15 is 0 Å². The summed E-state index contributed by atoms with van der Waals surface area (Å²) in [5.41, 5.74) is 7.52. The van der Waals surface area contributed by atoms with E-state index in [9.17, 15) is 0 Å². The van der Waals surface area contributed by atoms with E-state index in [2.05, 4.69) is 64.6 Å². The van der Waals surface area contributed by atoms with Crippen LogP contribution in [-0.4, -0.2) is 35.0 Å². The van der Waals surface area contributed by atoms with Crippen molar-refractivity contribution in [2.45, 2.75) is 31.1 Å². The van der Waals surface area contributed by atoms with Crippen molar-refractivity contribution in [2.24, 2.45) is 5.73 Å². The van der Waals surface area contributed by atoms with Gasteiger partial charge in [0, 0.05) is 40.6 Å². The monoisotopic (exact) mass is 342 g/mol. The van der Waals surface area contributed by atoms with Crippen LogP contribution in [0.3, 0.4) is 0 Å². The molecule has 0 bridgehead atoms. The highest BCUT2D eigenvalue weighted by atomic mass is 79.9. The van der Waals surface area contributed by atoms with Crippen molar-refractivity contribution < 1.29 is 0 Å². The van der Waals surface area contributed by atoms with Crippen molar-refractivity contribution in [1.29, 1.82) is 0 Å². The molecule has 1 unspecified atom stereocenters. The van der Waals surface area contributed by atoms with Crippen LogP contribution in [0.5, 0.6) is 0 Å². The van der Waals surface area contributed by atoms with E-state index in [1.807, 2.05) is 6.07 Å². The molecule has 2 nitrogen and oxygen atoms in total. The third kappa shape index (κ3) is 4.78. The number of hydrogen-bond acceptors (Lipinski definition) is 3. The zero-order valence-corrected chi connectivity index (χ0v) is 14.1. The Morgan fingerprint density at radius 3 is 2.95 bits per heavy atom. The first-order valence-corrected chi connectivity index (χ1v) is 8.61. The van der Waals surface area contributed by atoms with Gasteiger partial charge in [-0.2, -0.15) is 11.8 Å². The molecule has 1 aromatic rings. The van der Waals surface area contributed by atoms with Gasteiger partial charge in [-0.05, 0) is 38.0 Å². The van der Waals surface area contributed by atoms with Gasteiger partial charge in [-0.3, -0.25) is 0 Å². The van der Waals surface area contributed by atoms with E-state index in [1.165, 1.54) is 24.4 Å². The van der Waals surface area contributed by atoms with Crippen LogP contribution in [0, 0.1) is 0 Å². The highest BCUT2D eigenvalue weighted by Gasteiger charge is 2.26. The highest BCUT2D eigenvalue weighted by Crippen LogP contribution is 2.30. The highest BCUT2D eigenvalue weighted by molar-refractivity contribution is 9.10. The lowest BCUT2D eigenvalue weighted by Crippen LogP contribution is -2.43. The second-order valence-electron chi connectivity index (χ2n) is 5.83. The Morgan fingerprint density at radius 2 is 2.26 bits per heavy atom. The molecule has 0 amide bonds. The van der Waals surface area contributed by atoms with Crippen LogP contribution in [0.15, 0.2) is 28.7 Å². The second-order valence-corrected chi connectivity index (χ2v) is 8.55. The molecule has 0 aliphatic carbocycles. The zero-order chi connectivity index (χ0) is 13.9. The average molecular weight is 343 g/mol. The number of thioether (sulfide) groups is 1. The fourth-order valence-electron chi connectivity index (χ4n) is 2.53. The Bertz CT molecular complexity index is 422. The summed E-state index contributed by atoms with van der Waals surface area (Å²) in [6, 6.07) is 8.47. The largest absolute Gasteiger partial charge is 0.324 e. The van der Waals surface area contributed by atoms with E-state index in [0.29, 0.717) is 4.75 Å². The van der Waals surface area contributed by atoms with Gasteiger partial charge in [0.25, 0.3) is 0 Å². The van der Waals surface area contributed by atoms with Crippen molar-refractivity contribution in [3.05, 3.63) is 34.3 Å². The molecule has 1 fully saturated rings. The Balaban J connectivity index is 1.85. The molecule has 2 rings (SSSR count). The maximum atomic E-state index is 6.30. The number of benzene rings is 1. The molecule has 1 aliphatic rings. The number of rotatable bonds is 4. The fourth-order valence-corrected chi connectivity index (χ4v) is 4.12. The lowest BCUT2D eigenvalue weighted by atomic mass is 10.0. The van der Waals surface area contributed by atoms with Crippen LogP contribution in [-0.2, 0) is 0 Å². The summed E-state index contributed by atoms with van der Waals surface area (Å²) in [5, 5.41) is 0. The first kappa shape index (κ1) is 15.4. The standard InChI is InChI=1S/C15H23BrN2S/c1-15(2)11-18(8-9-19-15)7-6-14(17)12-4-3-5-13(16)10-12/h3-5,10,14H,6-9,11,17H2,1-2H3. The summed E-state index contributed by atoms with van der Waals surface area (Å²) in [7, 11) is 0. The van der Waals surface area contributed by atoms with Crippen molar-refractivity contribution >= 4 is 27.7 Å². The second kappa shape index (κ2) is 6.61. The van der Waals surface area contributed by atoms with Crippen molar-refractivity contribution in [3.63, 3.8) is 0 Å². The predicted molar refractivity (Wildman–Crippen MR) is 88.7 cm³/mol. The van der Waals surface area contributed by atoms with E-state index in [4.69, 9.17) is 5.73 Å². The van der Waals surface area contributed by atoms with Gasteiger partial charge < -0.3 is 10.6 Å². The lowest BCUT2D eigenvalue weighted by molar-refractivity contribution is 0.251. The van der Waals surface area contributed by atoms with Crippen LogP contribution in [0.25, 0.3) is 0 Å². The van der Waals surface area contributed by atoms with Crippen molar-refractivity contribution in [3.8, 4) is 0 Å². The molecule has 1 atom stereocenters. The molecule has 0 aromatic heterocycles. The van der Waals surface area contributed by atoms with Gasteiger partial charge in [-0.15, -0.1) is 0 Å². The Kier molecular flexibility index (Phi) is 5.35. The van der Waals surface area contributed by atoms with Gasteiger partial charge in [-0.1, -0.05) is 28.1 Å². The molecule has 0 radical (unpaired) electrons. The molecule has 1 heterocycles. The van der Waals surface area contributed by atoms with Gasteiger partial charge in [0.2, 0.25) is 0 Å². The SMILES string of the molecule is CC1(C)CN(CCC(N)c2cccc(Br)c2)CCS1. The molecule has 1 aromatic carbocycles. The summed E-state index contributed by atoms with van der Waals surface area (Å²) < 4.78 is 1.49. The Labute approximate surface area is 129 Å². The third-order valence-electron chi connectivity index (χ3n) is 3.54. The molecule has 106 valence electrons. The van der Waals surface area contributed by atoms with Crippen LogP contribution < -0.4 is 5.73 Å². The summed E-state index contributed by atoms with van der Waals surface area (Å²) in [4.78, 5) is 2.55. The molecule has 1 saturated heterocycles. The number of nitrogens with two attached hydrogens (primary N) is 1. The molecule has 0 saturated carbocycles. The maximum absolute atomic E-state index is 6.30. The lowest BCUT2D eigenvalue weighted by Gasteiger charge is -2.37. The van der Waals surface area contributed by atoms with E-state index in [1.54, 1.807) is 0 Å². The molecular weight excluding hydrogens is 320 g/mol. The number of nitrogens with zero attached hydrogens (tertiary/aromatic N) is 1. The first-order chi connectivity index (χ1) is 8.96. The molecule has 0 spiro atoms. The third-order valence-corrected chi connectivity index (χ3v) is 5.33. The van der Waals surface area contributed by atoms with Gasteiger partial charge in [-0.25, -0.2) is 0 Å². The molecular formula is C15H23BrN2S. The smallest absolute Gasteiger partial charge is 0.0307 e. The summed E-state index contributed by atoms with van der Waals surface area (Å²) >= 11 is 5.58. The zero-order valence-electron chi connectivity index (χ0n) is 11.7. The van der Waals surface area contributed by atoms with Gasteiger partial charge in [0.1, 0.15) is 0 Å². The van der Waals surface area contributed by atoms with Crippen LogP contribution in [0.2, 0.25) is 0 Å². The van der Waals surface area contributed by atoms with E-state index < -0.39 is 0 Å². The van der Waals surface area contributed by atoms with E-state index in [-0.39, 0.29) is 6.04 Å². The minimum Gasteiger partial charge on any atom is -0.324 e. The quantitative estimate of drug-likeness (QED) is 0.905. The summed E-state index contributed by atoms with van der Waals surface area (Å²) in [6.07, 6.45) is 1.02. The predicted octanol–water partition coefficient (Wildman–Crippen LogP) is 3.67. The summed E-state index contributed by atoms with van der Waals surface area (Å²) in [5.74, 6) is 1.24. The van der Waals surface area contributed by atoms with Crippen LogP contribution in [0.1, 0.15) is 31.9 Å².